The monoisotopic (exact) mass is 532 g/mol. The van der Waals surface area contributed by atoms with E-state index in [4.69, 9.17) is 0 Å². The van der Waals surface area contributed by atoms with Gasteiger partial charge in [0.05, 0.1) is 12.7 Å². The fraction of sp³-hybridized carbons (Fsp3) is 0.550. The summed E-state index contributed by atoms with van der Waals surface area (Å²) in [4.78, 5) is 13.7. The summed E-state index contributed by atoms with van der Waals surface area (Å²) in [5.74, 6) is -1.08. The van der Waals surface area contributed by atoms with Crippen LogP contribution in [0.15, 0.2) is 18.2 Å². The summed E-state index contributed by atoms with van der Waals surface area (Å²) in [5.41, 5.74) is 0.595. The Morgan fingerprint density at radius 2 is 1.90 bits per heavy atom. The molecule has 1 aromatic carbocycles. The van der Waals surface area contributed by atoms with Gasteiger partial charge in [-0.3, -0.25) is 0 Å². The summed E-state index contributed by atoms with van der Waals surface area (Å²) in [6.07, 6.45) is 1.99. The third-order valence-corrected chi connectivity index (χ3v) is 9.08. The largest absolute Gasteiger partial charge is 0.465 e. The SMILES string of the molecule is COC(=O)c1ccc(-c2nnc(N(C)C3CC(C)(C)N(I)C(C)(C)C3)s2)c(F)c1. The quantitative estimate of drug-likeness (QED) is 0.316. The van der Waals surface area contributed by atoms with Crippen LogP contribution in [0.4, 0.5) is 9.52 Å². The normalized spacial score (nSPS) is 19.2. The van der Waals surface area contributed by atoms with E-state index in [9.17, 15) is 9.18 Å². The molecule has 0 unspecified atom stereocenters. The maximum Gasteiger partial charge on any atom is 0.337 e. The molecule has 0 atom stereocenters. The van der Waals surface area contributed by atoms with Gasteiger partial charge in [-0.25, -0.2) is 12.3 Å². The number of ether oxygens (including phenoxy) is 1. The molecule has 0 bridgehead atoms. The molecule has 1 aromatic heterocycles. The van der Waals surface area contributed by atoms with E-state index in [0.29, 0.717) is 16.6 Å². The number of aromatic nitrogens is 2. The third kappa shape index (κ3) is 4.41. The zero-order chi connectivity index (χ0) is 21.6. The first kappa shape index (κ1) is 22.4. The van der Waals surface area contributed by atoms with Crippen LogP contribution in [0, 0.1) is 5.82 Å². The number of piperidine rings is 1. The van der Waals surface area contributed by atoms with Gasteiger partial charge in [0.2, 0.25) is 5.13 Å². The number of esters is 1. The Labute approximate surface area is 188 Å². The zero-order valence-electron chi connectivity index (χ0n) is 17.5. The fourth-order valence-electron chi connectivity index (χ4n) is 4.04. The zero-order valence-corrected chi connectivity index (χ0v) is 20.5. The number of nitrogens with zero attached hydrogens (tertiary/aromatic N) is 4. The summed E-state index contributed by atoms with van der Waals surface area (Å²) in [5, 5.41) is 9.77. The average Bonchev–Trinajstić information content (AvgIpc) is 3.13. The predicted molar refractivity (Wildman–Crippen MR) is 122 cm³/mol. The smallest absolute Gasteiger partial charge is 0.337 e. The maximum atomic E-state index is 14.6. The second-order valence-corrected chi connectivity index (χ2v) is 10.6. The molecular weight excluding hydrogens is 506 g/mol. The summed E-state index contributed by atoms with van der Waals surface area (Å²) in [6, 6.07) is 4.56. The van der Waals surface area contributed by atoms with Gasteiger partial charge < -0.3 is 9.64 Å². The fourth-order valence-corrected chi connectivity index (χ4v) is 5.33. The number of hydrogen-bond acceptors (Lipinski definition) is 7. The van der Waals surface area contributed by atoms with E-state index in [-0.39, 0.29) is 16.6 Å². The molecular formula is C20H26FIN4O2S. The van der Waals surface area contributed by atoms with Gasteiger partial charge in [-0.2, -0.15) is 0 Å². The van der Waals surface area contributed by atoms with Crippen molar-refractivity contribution in [3.05, 3.63) is 29.6 Å². The molecule has 3 rings (SSSR count). The molecule has 0 N–H and O–H groups in total. The van der Waals surface area contributed by atoms with Crippen molar-refractivity contribution in [2.45, 2.75) is 57.7 Å². The van der Waals surface area contributed by atoms with Crippen LogP contribution in [-0.4, -0.2) is 50.6 Å². The van der Waals surface area contributed by atoms with Gasteiger partial charge in [-0.1, -0.05) is 11.3 Å². The lowest BCUT2D eigenvalue weighted by molar-refractivity contribution is 0.0600. The van der Waals surface area contributed by atoms with Gasteiger partial charge in [-0.15, -0.1) is 10.2 Å². The highest BCUT2D eigenvalue weighted by atomic mass is 127. The van der Waals surface area contributed by atoms with E-state index in [1.165, 1.54) is 30.6 Å². The van der Waals surface area contributed by atoms with Crippen molar-refractivity contribution in [2.75, 3.05) is 19.1 Å². The van der Waals surface area contributed by atoms with E-state index >= 15 is 0 Å². The molecule has 1 aliphatic rings. The van der Waals surface area contributed by atoms with E-state index < -0.39 is 11.8 Å². The number of anilines is 1. The summed E-state index contributed by atoms with van der Waals surface area (Å²) in [6.45, 7) is 9.02. The van der Waals surface area contributed by atoms with E-state index in [1.807, 2.05) is 7.05 Å². The lowest BCUT2D eigenvalue weighted by Gasteiger charge is -2.53. The van der Waals surface area contributed by atoms with Crippen molar-refractivity contribution in [1.82, 2.24) is 13.3 Å². The van der Waals surface area contributed by atoms with Crippen LogP contribution in [0.25, 0.3) is 10.6 Å². The Morgan fingerprint density at radius 3 is 2.45 bits per heavy atom. The highest BCUT2D eigenvalue weighted by molar-refractivity contribution is 14.1. The van der Waals surface area contributed by atoms with Crippen molar-refractivity contribution in [1.29, 1.82) is 0 Å². The number of carbonyl (C=O) groups is 1. The predicted octanol–water partition coefficient (Wildman–Crippen LogP) is 4.94. The van der Waals surface area contributed by atoms with Crippen LogP contribution in [-0.2, 0) is 4.74 Å². The van der Waals surface area contributed by atoms with Crippen molar-refractivity contribution >= 4 is 45.3 Å². The molecule has 9 heteroatoms. The van der Waals surface area contributed by atoms with E-state index in [1.54, 1.807) is 6.07 Å². The molecule has 0 amide bonds. The molecule has 1 fully saturated rings. The molecule has 1 aliphatic heterocycles. The molecule has 0 aliphatic carbocycles. The summed E-state index contributed by atoms with van der Waals surface area (Å²) in [7, 11) is 3.30. The van der Waals surface area contributed by atoms with Crippen LogP contribution in [0.3, 0.4) is 0 Å². The van der Waals surface area contributed by atoms with Crippen molar-refractivity contribution in [3.8, 4) is 10.6 Å². The van der Waals surface area contributed by atoms with E-state index in [2.05, 4.69) is 73.5 Å². The van der Waals surface area contributed by atoms with E-state index in [0.717, 1.165) is 18.0 Å². The first-order valence-electron chi connectivity index (χ1n) is 9.37. The lowest BCUT2D eigenvalue weighted by atomic mass is 9.79. The minimum Gasteiger partial charge on any atom is -0.465 e. The van der Waals surface area contributed by atoms with Crippen LogP contribution in [0.5, 0.6) is 0 Å². The van der Waals surface area contributed by atoms with Gasteiger partial charge in [0.25, 0.3) is 0 Å². The van der Waals surface area contributed by atoms with Crippen molar-refractivity contribution < 1.29 is 13.9 Å². The number of hydrogen-bond donors (Lipinski definition) is 0. The first-order valence-corrected chi connectivity index (χ1v) is 11.1. The lowest BCUT2D eigenvalue weighted by Crippen LogP contribution is -2.59. The Kier molecular flexibility index (Phi) is 6.22. The summed E-state index contributed by atoms with van der Waals surface area (Å²) >= 11 is 3.79. The Balaban J connectivity index is 1.84. The number of benzene rings is 1. The van der Waals surface area contributed by atoms with Crippen LogP contribution < -0.4 is 4.90 Å². The van der Waals surface area contributed by atoms with Gasteiger partial charge >= 0.3 is 5.97 Å². The molecule has 0 spiro atoms. The molecule has 2 aromatic rings. The molecule has 0 radical (unpaired) electrons. The molecule has 2 heterocycles. The molecule has 1 saturated heterocycles. The second-order valence-electron chi connectivity index (χ2n) is 8.65. The topological polar surface area (TPSA) is 58.6 Å². The van der Waals surface area contributed by atoms with Gasteiger partial charge in [0, 0.05) is 52.6 Å². The second kappa shape index (κ2) is 8.07. The minimum absolute atomic E-state index is 0.0462. The Morgan fingerprint density at radius 1 is 1.28 bits per heavy atom. The summed E-state index contributed by atoms with van der Waals surface area (Å²) < 4.78 is 21.6. The van der Waals surface area contributed by atoms with Gasteiger partial charge in [0.1, 0.15) is 5.82 Å². The highest BCUT2D eigenvalue weighted by Crippen LogP contribution is 2.43. The van der Waals surface area contributed by atoms with Crippen LogP contribution in [0.2, 0.25) is 0 Å². The third-order valence-electron chi connectivity index (χ3n) is 5.42. The number of carbonyl (C=O) groups excluding carboxylic acids is 1. The molecule has 6 nitrogen and oxygen atoms in total. The number of rotatable bonds is 4. The standard InChI is InChI=1S/C20H26FIN4O2S/c1-19(2)10-13(11-20(3,4)26(19)22)25(5)18-24-23-16(29-18)14-8-7-12(9-15(14)21)17(27)28-6/h7-9,13H,10-11H2,1-6H3. The van der Waals surface area contributed by atoms with Crippen molar-refractivity contribution in [2.24, 2.45) is 0 Å². The van der Waals surface area contributed by atoms with Gasteiger partial charge in [0.15, 0.2) is 5.01 Å². The molecule has 158 valence electrons. The van der Waals surface area contributed by atoms with Gasteiger partial charge in [-0.05, 0) is 58.7 Å². The molecule has 29 heavy (non-hydrogen) atoms. The Hall–Kier alpha value is -1.33. The first-order chi connectivity index (χ1) is 13.5. The minimum atomic E-state index is -0.569. The van der Waals surface area contributed by atoms with Crippen LogP contribution in [0.1, 0.15) is 50.9 Å². The maximum absolute atomic E-state index is 14.6. The average molecular weight is 532 g/mol. The van der Waals surface area contributed by atoms with Crippen LogP contribution >= 0.6 is 34.2 Å². The Bertz CT molecular complexity index is 900. The molecule has 0 saturated carbocycles. The van der Waals surface area contributed by atoms with Crippen molar-refractivity contribution in [3.63, 3.8) is 0 Å². The highest BCUT2D eigenvalue weighted by Gasteiger charge is 2.45. The number of methoxy groups -OCH3 is 1. The number of halogens is 2.